The Morgan fingerprint density at radius 2 is 2.25 bits per heavy atom. The minimum Gasteiger partial charge on any atom is -0.467 e. The highest BCUT2D eigenvalue weighted by molar-refractivity contribution is 7.99. The van der Waals surface area contributed by atoms with E-state index in [1.807, 2.05) is 4.57 Å². The molecule has 2 aromatic rings. The number of hydrogen-bond donors (Lipinski definition) is 2. The maximum Gasteiger partial charge on any atom is 0.321 e. The summed E-state index contributed by atoms with van der Waals surface area (Å²) in [5.41, 5.74) is 0. The average molecular weight is 351 g/mol. The molecule has 2 rings (SSSR count). The van der Waals surface area contributed by atoms with Crippen LogP contribution >= 0.6 is 11.8 Å². The Morgan fingerprint density at radius 1 is 1.38 bits per heavy atom. The maximum atomic E-state index is 11.8. The third-order valence-electron chi connectivity index (χ3n) is 3.17. The number of aryl methyl sites for hydroxylation is 1. The summed E-state index contributed by atoms with van der Waals surface area (Å²) in [6.07, 6.45) is 6.50. The van der Waals surface area contributed by atoms with Crippen molar-refractivity contribution >= 4 is 23.7 Å². The van der Waals surface area contributed by atoms with E-state index in [-0.39, 0.29) is 18.2 Å². The molecule has 0 saturated carbocycles. The number of urea groups is 1. The van der Waals surface area contributed by atoms with E-state index in [1.165, 1.54) is 18.0 Å². The van der Waals surface area contributed by atoms with Gasteiger partial charge in [0.05, 0.1) is 18.6 Å². The molecule has 2 heterocycles. The van der Waals surface area contributed by atoms with E-state index in [1.54, 1.807) is 18.5 Å². The number of amides is 3. The van der Waals surface area contributed by atoms with Gasteiger partial charge in [-0.25, -0.2) is 4.79 Å². The number of thioether (sulfide) groups is 1. The summed E-state index contributed by atoms with van der Waals surface area (Å²) in [5.74, 6) is 0.327. The minimum absolute atomic E-state index is 0.0979. The molecule has 130 valence electrons. The number of hydrogen-bond acceptors (Lipinski definition) is 6. The van der Waals surface area contributed by atoms with E-state index in [0.29, 0.717) is 10.9 Å². The van der Waals surface area contributed by atoms with Crippen LogP contribution in [0.25, 0.3) is 0 Å². The topological polar surface area (TPSA) is 102 Å². The van der Waals surface area contributed by atoms with Crippen molar-refractivity contribution < 1.29 is 14.0 Å². The van der Waals surface area contributed by atoms with E-state index in [4.69, 9.17) is 4.42 Å². The number of nitrogens with one attached hydrogen (secondary N) is 2. The van der Waals surface area contributed by atoms with Crippen LogP contribution in [0.4, 0.5) is 4.79 Å². The largest absolute Gasteiger partial charge is 0.467 e. The van der Waals surface area contributed by atoms with E-state index < -0.39 is 6.03 Å². The Labute approximate surface area is 144 Å². The van der Waals surface area contributed by atoms with Crippen molar-refractivity contribution in [1.29, 1.82) is 0 Å². The summed E-state index contributed by atoms with van der Waals surface area (Å²) >= 11 is 1.26. The van der Waals surface area contributed by atoms with Gasteiger partial charge in [-0.05, 0) is 18.6 Å². The highest BCUT2D eigenvalue weighted by Crippen LogP contribution is 2.15. The van der Waals surface area contributed by atoms with Crippen molar-refractivity contribution in [2.24, 2.45) is 0 Å². The normalized spacial score (nSPS) is 10.5. The third-order valence-corrected chi connectivity index (χ3v) is 4.15. The summed E-state index contributed by atoms with van der Waals surface area (Å²) in [5, 5.41) is 13.4. The van der Waals surface area contributed by atoms with Crippen LogP contribution in [0.2, 0.25) is 0 Å². The quantitative estimate of drug-likeness (QED) is 0.530. The third kappa shape index (κ3) is 6.07. The molecular weight excluding hydrogens is 330 g/mol. The zero-order chi connectivity index (χ0) is 17.2. The Bertz CT molecular complexity index is 641. The summed E-state index contributed by atoms with van der Waals surface area (Å²) in [6.45, 7) is 3.20. The molecule has 0 aliphatic heterocycles. The molecule has 3 amide bonds. The zero-order valence-electron chi connectivity index (χ0n) is 13.5. The molecule has 0 saturated heterocycles. The molecule has 0 fully saturated rings. The predicted molar refractivity (Wildman–Crippen MR) is 89.4 cm³/mol. The Hall–Kier alpha value is -2.29. The summed E-state index contributed by atoms with van der Waals surface area (Å²) in [4.78, 5) is 23.4. The van der Waals surface area contributed by atoms with Crippen LogP contribution in [-0.2, 0) is 17.9 Å². The smallest absolute Gasteiger partial charge is 0.321 e. The van der Waals surface area contributed by atoms with Gasteiger partial charge in [-0.2, -0.15) is 0 Å². The molecule has 0 atom stereocenters. The number of carbonyl (C=O) groups is 2. The van der Waals surface area contributed by atoms with E-state index in [0.717, 1.165) is 25.8 Å². The van der Waals surface area contributed by atoms with E-state index in [9.17, 15) is 9.59 Å². The molecule has 0 unspecified atom stereocenters. The standard InChI is InChI=1S/C15H21N5O3S/c1-2-3-4-7-20-11-17-19-15(20)24-10-13(21)18-14(22)16-9-12-6-5-8-23-12/h5-6,8,11H,2-4,7,9-10H2,1H3,(H2,16,18,21,22). The predicted octanol–water partition coefficient (Wildman–Crippen LogP) is 2.18. The minimum atomic E-state index is -0.554. The fraction of sp³-hybridized carbons (Fsp3) is 0.467. The summed E-state index contributed by atoms with van der Waals surface area (Å²) < 4.78 is 7.01. The number of aromatic nitrogens is 3. The van der Waals surface area contributed by atoms with Crippen LogP contribution in [0.1, 0.15) is 31.9 Å². The van der Waals surface area contributed by atoms with Gasteiger partial charge in [0.25, 0.3) is 0 Å². The number of carbonyl (C=O) groups excluding carboxylic acids is 2. The second-order valence-corrected chi connectivity index (χ2v) is 6.06. The Kier molecular flexibility index (Phi) is 7.34. The van der Waals surface area contributed by atoms with Gasteiger partial charge in [0, 0.05) is 6.54 Å². The second-order valence-electron chi connectivity index (χ2n) is 5.11. The van der Waals surface area contributed by atoms with E-state index in [2.05, 4.69) is 27.8 Å². The van der Waals surface area contributed by atoms with Gasteiger partial charge < -0.3 is 14.3 Å². The molecule has 0 spiro atoms. The van der Waals surface area contributed by atoms with Gasteiger partial charge in [0.15, 0.2) is 5.16 Å². The average Bonchev–Trinajstić information content (AvgIpc) is 3.23. The lowest BCUT2D eigenvalue weighted by molar-refractivity contribution is -0.117. The van der Waals surface area contributed by atoms with Crippen molar-refractivity contribution in [2.75, 3.05) is 5.75 Å². The van der Waals surface area contributed by atoms with Crippen LogP contribution in [-0.4, -0.2) is 32.5 Å². The van der Waals surface area contributed by atoms with Crippen molar-refractivity contribution in [3.63, 3.8) is 0 Å². The van der Waals surface area contributed by atoms with E-state index >= 15 is 0 Å². The lowest BCUT2D eigenvalue weighted by atomic mass is 10.2. The Balaban J connectivity index is 1.69. The number of nitrogens with zero attached hydrogens (tertiary/aromatic N) is 3. The van der Waals surface area contributed by atoms with Crippen molar-refractivity contribution in [3.05, 3.63) is 30.5 Å². The van der Waals surface area contributed by atoms with Crippen LogP contribution in [0.3, 0.4) is 0 Å². The van der Waals surface area contributed by atoms with Crippen molar-refractivity contribution in [1.82, 2.24) is 25.4 Å². The first-order valence-electron chi connectivity index (χ1n) is 7.79. The molecular formula is C15H21N5O3S. The van der Waals surface area contributed by atoms with Crippen molar-refractivity contribution in [3.8, 4) is 0 Å². The SMILES string of the molecule is CCCCCn1cnnc1SCC(=O)NC(=O)NCc1ccco1. The van der Waals surface area contributed by atoms with Crippen LogP contribution in [0.5, 0.6) is 0 Å². The van der Waals surface area contributed by atoms with Crippen LogP contribution in [0.15, 0.2) is 34.3 Å². The molecule has 8 nitrogen and oxygen atoms in total. The summed E-state index contributed by atoms with van der Waals surface area (Å²) in [7, 11) is 0. The van der Waals surface area contributed by atoms with Crippen LogP contribution < -0.4 is 10.6 Å². The second kappa shape index (κ2) is 9.76. The van der Waals surface area contributed by atoms with Gasteiger partial charge in [0.1, 0.15) is 12.1 Å². The fourth-order valence-electron chi connectivity index (χ4n) is 1.96. The molecule has 24 heavy (non-hydrogen) atoms. The molecule has 2 N–H and O–H groups in total. The van der Waals surface area contributed by atoms with Gasteiger partial charge >= 0.3 is 6.03 Å². The molecule has 2 aromatic heterocycles. The molecule has 0 radical (unpaired) electrons. The fourth-order valence-corrected chi connectivity index (χ4v) is 2.70. The van der Waals surface area contributed by atoms with Gasteiger partial charge in [0.2, 0.25) is 5.91 Å². The number of unbranched alkanes of at least 4 members (excludes halogenated alkanes) is 2. The maximum absolute atomic E-state index is 11.8. The molecule has 9 heteroatoms. The first-order valence-corrected chi connectivity index (χ1v) is 8.78. The van der Waals surface area contributed by atoms with Gasteiger partial charge in [-0.1, -0.05) is 31.5 Å². The molecule has 0 aliphatic carbocycles. The highest BCUT2D eigenvalue weighted by atomic mass is 32.2. The first-order chi connectivity index (χ1) is 11.7. The Morgan fingerprint density at radius 3 is 3.00 bits per heavy atom. The number of furan rings is 1. The lowest BCUT2D eigenvalue weighted by Gasteiger charge is -2.07. The van der Waals surface area contributed by atoms with Gasteiger partial charge in [-0.15, -0.1) is 10.2 Å². The van der Waals surface area contributed by atoms with Crippen molar-refractivity contribution in [2.45, 2.75) is 44.4 Å². The molecule has 0 aromatic carbocycles. The molecule has 0 aliphatic rings. The number of imide groups is 1. The van der Waals surface area contributed by atoms with Crippen LogP contribution in [0, 0.1) is 0 Å². The number of rotatable bonds is 9. The van der Waals surface area contributed by atoms with Gasteiger partial charge in [-0.3, -0.25) is 10.1 Å². The zero-order valence-corrected chi connectivity index (χ0v) is 14.3. The molecule has 0 bridgehead atoms. The lowest BCUT2D eigenvalue weighted by Crippen LogP contribution is -2.39. The summed E-state index contributed by atoms with van der Waals surface area (Å²) in [6, 6.07) is 2.91. The monoisotopic (exact) mass is 351 g/mol. The highest BCUT2D eigenvalue weighted by Gasteiger charge is 2.11. The first kappa shape index (κ1) is 18.1.